The molecule has 20 heavy (non-hydrogen) atoms. The number of thiophene rings is 1. The lowest BCUT2D eigenvalue weighted by Crippen LogP contribution is -2.22. The van der Waals surface area contributed by atoms with E-state index in [0.29, 0.717) is 28.9 Å². The zero-order valence-electron chi connectivity index (χ0n) is 10.4. The summed E-state index contributed by atoms with van der Waals surface area (Å²) in [5.41, 5.74) is 0. The molecule has 108 valence electrons. The average molecular weight is 319 g/mol. The fourth-order valence-corrected chi connectivity index (χ4v) is 4.05. The first-order chi connectivity index (χ1) is 9.54. The standard InChI is InChI=1S/C12H12F3N3S2/c13-12(14,15)11-17-16-10(20-11)7-18-5-1-3-8(18)9-4-2-6-19-9/h2,4,6,8H,1,3,5,7H2/t8-/m1/s1. The highest BCUT2D eigenvalue weighted by molar-refractivity contribution is 7.11. The summed E-state index contributed by atoms with van der Waals surface area (Å²) in [6.45, 7) is 1.33. The zero-order chi connectivity index (χ0) is 14.2. The molecule has 0 bridgehead atoms. The second kappa shape index (κ2) is 5.42. The number of alkyl halides is 3. The van der Waals surface area contributed by atoms with Crippen molar-refractivity contribution >= 4 is 22.7 Å². The molecule has 0 radical (unpaired) electrons. The molecule has 8 heteroatoms. The molecule has 0 aliphatic carbocycles. The molecule has 2 aromatic rings. The van der Waals surface area contributed by atoms with Crippen molar-refractivity contribution in [3.8, 4) is 0 Å². The molecule has 0 N–H and O–H groups in total. The number of rotatable bonds is 3. The molecule has 0 saturated carbocycles. The SMILES string of the molecule is FC(F)(F)c1nnc(CN2CCC[C@@H]2c2cccs2)s1. The van der Waals surface area contributed by atoms with Gasteiger partial charge in [0, 0.05) is 10.9 Å². The van der Waals surface area contributed by atoms with Crippen LogP contribution in [0.15, 0.2) is 17.5 Å². The monoisotopic (exact) mass is 319 g/mol. The lowest BCUT2D eigenvalue weighted by Gasteiger charge is -2.21. The normalized spacial score (nSPS) is 20.6. The van der Waals surface area contributed by atoms with Gasteiger partial charge in [-0.25, -0.2) is 0 Å². The zero-order valence-corrected chi connectivity index (χ0v) is 12.1. The highest BCUT2D eigenvalue weighted by Crippen LogP contribution is 2.37. The Morgan fingerprint density at radius 2 is 2.20 bits per heavy atom. The van der Waals surface area contributed by atoms with Gasteiger partial charge in [0.15, 0.2) is 0 Å². The number of nitrogens with zero attached hydrogens (tertiary/aromatic N) is 3. The van der Waals surface area contributed by atoms with E-state index in [1.54, 1.807) is 11.3 Å². The summed E-state index contributed by atoms with van der Waals surface area (Å²) in [5, 5.41) is 8.50. The molecular formula is C12H12F3N3S2. The third-order valence-corrected chi connectivity index (χ3v) is 5.21. The summed E-state index contributed by atoms with van der Waals surface area (Å²) in [6, 6.07) is 4.38. The topological polar surface area (TPSA) is 29.0 Å². The maximum absolute atomic E-state index is 12.5. The van der Waals surface area contributed by atoms with Crippen LogP contribution in [-0.2, 0) is 12.7 Å². The van der Waals surface area contributed by atoms with Gasteiger partial charge in [0.1, 0.15) is 5.01 Å². The minimum Gasteiger partial charge on any atom is -0.289 e. The van der Waals surface area contributed by atoms with E-state index in [1.807, 2.05) is 11.4 Å². The third-order valence-electron chi connectivity index (χ3n) is 3.28. The minimum atomic E-state index is -4.39. The molecule has 1 fully saturated rings. The predicted molar refractivity (Wildman–Crippen MR) is 71.6 cm³/mol. The van der Waals surface area contributed by atoms with E-state index in [2.05, 4.69) is 21.2 Å². The van der Waals surface area contributed by atoms with Crippen molar-refractivity contribution in [1.29, 1.82) is 0 Å². The summed E-state index contributed by atoms with van der Waals surface area (Å²) >= 11 is 2.33. The van der Waals surface area contributed by atoms with Crippen LogP contribution in [0.3, 0.4) is 0 Å². The van der Waals surface area contributed by atoms with E-state index in [-0.39, 0.29) is 0 Å². The Morgan fingerprint density at radius 1 is 1.35 bits per heavy atom. The van der Waals surface area contributed by atoms with E-state index < -0.39 is 11.2 Å². The van der Waals surface area contributed by atoms with Crippen molar-refractivity contribution in [2.24, 2.45) is 0 Å². The number of hydrogen-bond acceptors (Lipinski definition) is 5. The van der Waals surface area contributed by atoms with Gasteiger partial charge in [0.2, 0.25) is 5.01 Å². The quantitative estimate of drug-likeness (QED) is 0.857. The highest BCUT2D eigenvalue weighted by Gasteiger charge is 2.36. The molecule has 0 aromatic carbocycles. The number of aromatic nitrogens is 2. The lowest BCUT2D eigenvalue weighted by molar-refractivity contribution is -0.138. The Morgan fingerprint density at radius 3 is 2.85 bits per heavy atom. The predicted octanol–water partition coefficient (Wildman–Crippen LogP) is 3.96. The maximum Gasteiger partial charge on any atom is 0.445 e. The van der Waals surface area contributed by atoms with Crippen LogP contribution in [0.5, 0.6) is 0 Å². The Bertz CT molecular complexity index is 565. The van der Waals surface area contributed by atoms with Crippen LogP contribution in [0.25, 0.3) is 0 Å². The average Bonchev–Trinajstić information content (AvgIpc) is 3.08. The number of hydrogen-bond donors (Lipinski definition) is 0. The molecule has 3 nitrogen and oxygen atoms in total. The van der Waals surface area contributed by atoms with E-state index in [9.17, 15) is 13.2 Å². The van der Waals surface area contributed by atoms with Crippen molar-refractivity contribution in [1.82, 2.24) is 15.1 Å². The van der Waals surface area contributed by atoms with E-state index in [4.69, 9.17) is 0 Å². The van der Waals surface area contributed by atoms with Gasteiger partial charge in [0.25, 0.3) is 0 Å². The van der Waals surface area contributed by atoms with E-state index in [1.165, 1.54) is 4.88 Å². The summed E-state index contributed by atoms with van der Waals surface area (Å²) < 4.78 is 37.5. The van der Waals surface area contributed by atoms with Crippen LogP contribution < -0.4 is 0 Å². The molecule has 0 unspecified atom stereocenters. The summed E-state index contributed by atoms with van der Waals surface area (Å²) in [4.78, 5) is 3.45. The first kappa shape index (κ1) is 14.0. The van der Waals surface area contributed by atoms with Gasteiger partial charge < -0.3 is 0 Å². The van der Waals surface area contributed by atoms with E-state index >= 15 is 0 Å². The molecule has 1 aliphatic heterocycles. The summed E-state index contributed by atoms with van der Waals surface area (Å²) in [6.07, 6.45) is -2.28. The van der Waals surface area contributed by atoms with Gasteiger partial charge in [0.05, 0.1) is 6.54 Å². The number of halogens is 3. The Balaban J connectivity index is 1.72. The van der Waals surface area contributed by atoms with Crippen LogP contribution in [0.1, 0.15) is 33.8 Å². The first-order valence-corrected chi connectivity index (χ1v) is 7.90. The summed E-state index contributed by atoms with van der Waals surface area (Å²) in [5.74, 6) is 0. The fourth-order valence-electron chi connectivity index (χ4n) is 2.42. The molecule has 1 aliphatic rings. The maximum atomic E-state index is 12.5. The van der Waals surface area contributed by atoms with Crippen LogP contribution in [0.2, 0.25) is 0 Å². The fraction of sp³-hybridized carbons (Fsp3) is 0.500. The van der Waals surface area contributed by atoms with E-state index in [0.717, 1.165) is 19.4 Å². The van der Waals surface area contributed by atoms with Gasteiger partial charge in [-0.05, 0) is 30.8 Å². The first-order valence-electron chi connectivity index (χ1n) is 6.21. The lowest BCUT2D eigenvalue weighted by atomic mass is 10.2. The smallest absolute Gasteiger partial charge is 0.289 e. The van der Waals surface area contributed by atoms with Gasteiger partial charge in [-0.15, -0.1) is 21.5 Å². The van der Waals surface area contributed by atoms with Crippen LogP contribution >= 0.6 is 22.7 Å². The highest BCUT2D eigenvalue weighted by atomic mass is 32.1. The Hall–Kier alpha value is -0.990. The largest absolute Gasteiger partial charge is 0.445 e. The molecular weight excluding hydrogens is 307 g/mol. The van der Waals surface area contributed by atoms with Gasteiger partial charge >= 0.3 is 6.18 Å². The summed E-state index contributed by atoms with van der Waals surface area (Å²) in [7, 11) is 0. The minimum absolute atomic E-state index is 0.299. The van der Waals surface area contributed by atoms with Crippen molar-refractivity contribution in [3.05, 3.63) is 32.4 Å². The van der Waals surface area contributed by atoms with Crippen LogP contribution in [0.4, 0.5) is 13.2 Å². The van der Waals surface area contributed by atoms with Crippen LogP contribution in [0, 0.1) is 0 Å². The second-order valence-electron chi connectivity index (χ2n) is 4.64. The molecule has 0 amide bonds. The third kappa shape index (κ3) is 2.87. The van der Waals surface area contributed by atoms with Gasteiger partial charge in [-0.3, -0.25) is 4.90 Å². The molecule has 1 saturated heterocycles. The number of likely N-dealkylation sites (tertiary alicyclic amines) is 1. The second-order valence-corrected chi connectivity index (χ2v) is 6.68. The Kier molecular flexibility index (Phi) is 3.78. The molecule has 3 rings (SSSR count). The van der Waals surface area contributed by atoms with Crippen molar-refractivity contribution < 1.29 is 13.2 Å². The van der Waals surface area contributed by atoms with Gasteiger partial charge in [-0.1, -0.05) is 17.4 Å². The van der Waals surface area contributed by atoms with Crippen molar-refractivity contribution in [3.63, 3.8) is 0 Å². The molecule has 2 aromatic heterocycles. The molecule has 3 heterocycles. The van der Waals surface area contributed by atoms with Gasteiger partial charge in [-0.2, -0.15) is 13.2 Å². The van der Waals surface area contributed by atoms with Crippen molar-refractivity contribution in [2.75, 3.05) is 6.54 Å². The Labute approximate surface area is 122 Å². The molecule has 0 spiro atoms. The molecule has 1 atom stereocenters. The van der Waals surface area contributed by atoms with Crippen LogP contribution in [-0.4, -0.2) is 21.6 Å². The van der Waals surface area contributed by atoms with Crippen molar-refractivity contribution in [2.45, 2.75) is 31.6 Å².